The molecule has 0 spiro atoms. The highest BCUT2D eigenvalue weighted by Crippen LogP contribution is 2.30. The van der Waals surface area contributed by atoms with Crippen molar-refractivity contribution in [2.75, 3.05) is 19.8 Å². The minimum Gasteiger partial charge on any atom is -0.491 e. The van der Waals surface area contributed by atoms with Crippen molar-refractivity contribution < 1.29 is 24.3 Å². The standard InChI is InChI=1S/C20H28N2O5/c1-13(2)17-12-27-18-10-15(20(24)21-25)3-4-16(18)11-22(17)19(23)9-14-5-7-26-8-6-14/h3-4,10,13-14,17,25H,5-9,11-12H2,1-2H3,(H,21,24). The maximum Gasteiger partial charge on any atom is 0.274 e. The van der Waals surface area contributed by atoms with Gasteiger partial charge in [-0.05, 0) is 36.8 Å². The summed E-state index contributed by atoms with van der Waals surface area (Å²) in [4.78, 5) is 26.7. The topological polar surface area (TPSA) is 88.1 Å². The molecule has 0 bridgehead atoms. The third kappa shape index (κ3) is 4.59. The Morgan fingerprint density at radius 3 is 2.70 bits per heavy atom. The first-order chi connectivity index (χ1) is 13.0. The van der Waals surface area contributed by atoms with Crippen LogP contribution in [0.25, 0.3) is 0 Å². The summed E-state index contributed by atoms with van der Waals surface area (Å²) in [5.74, 6) is 0.771. The largest absolute Gasteiger partial charge is 0.491 e. The first kappa shape index (κ1) is 19.6. The van der Waals surface area contributed by atoms with Crippen molar-refractivity contribution >= 4 is 11.8 Å². The third-order valence-electron chi connectivity index (χ3n) is 5.48. The molecule has 7 heteroatoms. The smallest absolute Gasteiger partial charge is 0.274 e. The lowest BCUT2D eigenvalue weighted by atomic mass is 9.94. The van der Waals surface area contributed by atoms with Gasteiger partial charge in [0, 0.05) is 37.3 Å². The van der Waals surface area contributed by atoms with Crippen molar-refractivity contribution in [3.05, 3.63) is 29.3 Å². The van der Waals surface area contributed by atoms with Gasteiger partial charge in [-0.3, -0.25) is 14.8 Å². The number of benzene rings is 1. The van der Waals surface area contributed by atoms with Crippen molar-refractivity contribution in [1.29, 1.82) is 0 Å². The Morgan fingerprint density at radius 2 is 2.04 bits per heavy atom. The Labute approximate surface area is 159 Å². The fourth-order valence-electron chi connectivity index (χ4n) is 3.73. The summed E-state index contributed by atoms with van der Waals surface area (Å²) in [7, 11) is 0. The van der Waals surface area contributed by atoms with Gasteiger partial charge < -0.3 is 14.4 Å². The lowest BCUT2D eigenvalue weighted by Gasteiger charge is -2.33. The highest BCUT2D eigenvalue weighted by molar-refractivity contribution is 5.93. The number of nitrogens with zero attached hydrogens (tertiary/aromatic N) is 1. The number of hydroxylamine groups is 1. The van der Waals surface area contributed by atoms with Gasteiger partial charge in [-0.2, -0.15) is 0 Å². The Balaban J connectivity index is 1.80. The molecule has 1 saturated heterocycles. The number of ether oxygens (including phenoxy) is 2. The van der Waals surface area contributed by atoms with Gasteiger partial charge in [-0.25, -0.2) is 5.48 Å². The maximum atomic E-state index is 13.1. The molecule has 2 aliphatic rings. The van der Waals surface area contributed by atoms with Crippen LogP contribution in [0.4, 0.5) is 0 Å². The van der Waals surface area contributed by atoms with E-state index in [1.54, 1.807) is 23.7 Å². The van der Waals surface area contributed by atoms with Crippen molar-refractivity contribution in [3.63, 3.8) is 0 Å². The molecule has 7 nitrogen and oxygen atoms in total. The Hall–Kier alpha value is -2.12. The second-order valence-corrected chi connectivity index (χ2v) is 7.67. The molecule has 1 aromatic carbocycles. The molecule has 1 aromatic rings. The van der Waals surface area contributed by atoms with Crippen molar-refractivity contribution in [2.45, 2.75) is 45.7 Å². The van der Waals surface area contributed by atoms with Crippen molar-refractivity contribution in [3.8, 4) is 5.75 Å². The van der Waals surface area contributed by atoms with Crippen LogP contribution in [0.5, 0.6) is 5.75 Å². The molecule has 0 aliphatic carbocycles. The van der Waals surface area contributed by atoms with E-state index in [0.717, 1.165) is 31.6 Å². The summed E-state index contributed by atoms with van der Waals surface area (Å²) in [6, 6.07) is 5.01. The average Bonchev–Trinajstić information content (AvgIpc) is 2.87. The number of amides is 2. The molecule has 1 unspecified atom stereocenters. The molecular weight excluding hydrogens is 348 g/mol. The number of hydrogen-bond acceptors (Lipinski definition) is 5. The van der Waals surface area contributed by atoms with E-state index in [2.05, 4.69) is 13.8 Å². The first-order valence-electron chi connectivity index (χ1n) is 9.57. The molecule has 1 fully saturated rings. The summed E-state index contributed by atoms with van der Waals surface area (Å²) < 4.78 is 11.3. The van der Waals surface area contributed by atoms with Crippen molar-refractivity contribution in [2.24, 2.45) is 11.8 Å². The lowest BCUT2D eigenvalue weighted by Crippen LogP contribution is -2.45. The summed E-state index contributed by atoms with van der Waals surface area (Å²) in [6.07, 6.45) is 2.39. The Bertz CT molecular complexity index is 685. The molecule has 2 heterocycles. The van der Waals surface area contributed by atoms with Gasteiger partial charge in [0.25, 0.3) is 5.91 Å². The van der Waals surface area contributed by atoms with Crippen LogP contribution in [-0.2, 0) is 16.1 Å². The van der Waals surface area contributed by atoms with Gasteiger partial charge in [-0.1, -0.05) is 19.9 Å². The molecule has 0 radical (unpaired) electrons. The van der Waals surface area contributed by atoms with Gasteiger partial charge in [0.1, 0.15) is 12.4 Å². The molecule has 2 amide bonds. The van der Waals surface area contributed by atoms with E-state index in [1.165, 1.54) is 0 Å². The Kier molecular flexibility index (Phi) is 6.34. The summed E-state index contributed by atoms with van der Waals surface area (Å²) in [5.41, 5.74) is 2.82. The van der Waals surface area contributed by atoms with Crippen LogP contribution in [0.2, 0.25) is 0 Å². The van der Waals surface area contributed by atoms with Crippen LogP contribution >= 0.6 is 0 Å². The quantitative estimate of drug-likeness (QED) is 0.622. The van der Waals surface area contributed by atoms with Gasteiger partial charge in [0.2, 0.25) is 5.91 Å². The van der Waals surface area contributed by atoms with Gasteiger partial charge in [0.15, 0.2) is 0 Å². The minimum absolute atomic E-state index is 0.0279. The number of hydrogen-bond donors (Lipinski definition) is 2. The second kappa shape index (κ2) is 8.71. The van der Waals surface area contributed by atoms with Crippen LogP contribution in [0.1, 0.15) is 49.0 Å². The van der Waals surface area contributed by atoms with E-state index in [0.29, 0.717) is 36.8 Å². The summed E-state index contributed by atoms with van der Waals surface area (Å²) in [5, 5.41) is 8.83. The maximum absolute atomic E-state index is 13.1. The fourth-order valence-corrected chi connectivity index (χ4v) is 3.73. The van der Waals surface area contributed by atoms with E-state index in [9.17, 15) is 9.59 Å². The van der Waals surface area contributed by atoms with E-state index < -0.39 is 5.91 Å². The van der Waals surface area contributed by atoms with Gasteiger partial charge >= 0.3 is 0 Å². The normalized spacial score (nSPS) is 20.6. The molecule has 27 heavy (non-hydrogen) atoms. The molecule has 148 valence electrons. The molecular formula is C20H28N2O5. The number of carbonyl (C=O) groups excluding carboxylic acids is 2. The number of nitrogens with one attached hydrogen (secondary N) is 1. The molecule has 3 rings (SSSR count). The highest BCUT2D eigenvalue weighted by Gasteiger charge is 2.32. The predicted octanol–water partition coefficient (Wildman–Crippen LogP) is 2.37. The SMILES string of the molecule is CC(C)C1COc2cc(C(=O)NO)ccc2CN1C(=O)CC1CCOCC1. The number of carbonyl (C=O) groups is 2. The van der Waals surface area contributed by atoms with Gasteiger partial charge in [0.05, 0.1) is 6.04 Å². The summed E-state index contributed by atoms with van der Waals surface area (Å²) in [6.45, 7) is 6.47. The van der Waals surface area contributed by atoms with E-state index in [1.807, 2.05) is 4.90 Å². The minimum atomic E-state index is -0.585. The Morgan fingerprint density at radius 1 is 1.30 bits per heavy atom. The zero-order valence-corrected chi connectivity index (χ0v) is 15.9. The zero-order chi connectivity index (χ0) is 19.4. The molecule has 1 atom stereocenters. The third-order valence-corrected chi connectivity index (χ3v) is 5.48. The monoisotopic (exact) mass is 376 g/mol. The van der Waals surface area contributed by atoms with Crippen LogP contribution in [0.3, 0.4) is 0 Å². The van der Waals surface area contributed by atoms with Gasteiger partial charge in [-0.15, -0.1) is 0 Å². The lowest BCUT2D eigenvalue weighted by molar-refractivity contribution is -0.137. The highest BCUT2D eigenvalue weighted by atomic mass is 16.5. The molecule has 0 saturated carbocycles. The first-order valence-corrected chi connectivity index (χ1v) is 9.57. The number of fused-ring (bicyclic) bond motifs is 1. The predicted molar refractivity (Wildman–Crippen MR) is 98.5 cm³/mol. The zero-order valence-electron chi connectivity index (χ0n) is 15.9. The van der Waals surface area contributed by atoms with Crippen LogP contribution < -0.4 is 10.2 Å². The van der Waals surface area contributed by atoms with Crippen LogP contribution in [-0.4, -0.2) is 47.8 Å². The summed E-state index contributed by atoms with van der Waals surface area (Å²) >= 11 is 0. The average molecular weight is 376 g/mol. The van der Waals surface area contributed by atoms with E-state index >= 15 is 0 Å². The molecule has 2 aliphatic heterocycles. The molecule has 0 aromatic heterocycles. The van der Waals surface area contributed by atoms with E-state index in [4.69, 9.17) is 14.7 Å². The van der Waals surface area contributed by atoms with Crippen molar-refractivity contribution in [1.82, 2.24) is 10.4 Å². The van der Waals surface area contributed by atoms with Crippen LogP contribution in [0, 0.1) is 11.8 Å². The molecule has 2 N–H and O–H groups in total. The second-order valence-electron chi connectivity index (χ2n) is 7.67. The van der Waals surface area contributed by atoms with Crippen LogP contribution in [0.15, 0.2) is 18.2 Å². The fraction of sp³-hybridized carbons (Fsp3) is 0.600. The number of rotatable bonds is 4. The van der Waals surface area contributed by atoms with E-state index in [-0.39, 0.29) is 17.9 Å².